The van der Waals surface area contributed by atoms with Crippen molar-refractivity contribution in [3.8, 4) is 0 Å². The van der Waals surface area contributed by atoms with Gasteiger partial charge in [-0.25, -0.2) is 4.79 Å². The standard InChI is InChI=1S/C12H6N2O4/c15-11-10-8-4-2-1-3-7(8)5-6-9(10)13(17)12(16)14(11)18/h1-6H/q+2. The van der Waals surface area contributed by atoms with E-state index in [9.17, 15) is 19.4 Å². The Hall–Kier alpha value is -2.76. The van der Waals surface area contributed by atoms with Gasteiger partial charge in [-0.2, -0.15) is 0 Å². The van der Waals surface area contributed by atoms with Crippen molar-refractivity contribution >= 4 is 21.7 Å². The zero-order valence-corrected chi connectivity index (χ0v) is 8.99. The number of nitrogens with zero attached hydrogens (tertiary/aromatic N) is 2. The van der Waals surface area contributed by atoms with Crippen LogP contribution in [0.1, 0.15) is 0 Å². The molecule has 0 bridgehead atoms. The average molecular weight is 242 g/mol. The second-order valence-corrected chi connectivity index (χ2v) is 3.86. The van der Waals surface area contributed by atoms with E-state index in [2.05, 4.69) is 0 Å². The molecule has 3 rings (SSSR count). The molecule has 6 heteroatoms. The fraction of sp³-hybridized carbons (Fsp3) is 0. The Labute approximate surface area is 98.3 Å². The Morgan fingerprint density at radius 3 is 2.33 bits per heavy atom. The maximum absolute atomic E-state index is 11.8. The minimum Gasteiger partial charge on any atom is -0.208 e. The molecule has 0 fully saturated rings. The van der Waals surface area contributed by atoms with Crippen LogP contribution in [0.4, 0.5) is 0 Å². The third-order valence-corrected chi connectivity index (χ3v) is 2.87. The molecule has 0 unspecified atom stereocenters. The Morgan fingerprint density at radius 1 is 0.833 bits per heavy atom. The van der Waals surface area contributed by atoms with Crippen LogP contribution in [0.15, 0.2) is 46.0 Å². The van der Waals surface area contributed by atoms with E-state index in [0.717, 1.165) is 5.39 Å². The molecule has 86 valence electrons. The Kier molecular flexibility index (Phi) is 1.94. The van der Waals surface area contributed by atoms with Gasteiger partial charge in [0.05, 0.1) is 0 Å². The largest absolute Gasteiger partial charge is 0.782 e. The fourth-order valence-electron chi connectivity index (χ4n) is 2.03. The van der Waals surface area contributed by atoms with Crippen LogP contribution in [0, 0.1) is 9.81 Å². The quantitative estimate of drug-likeness (QED) is 0.390. The maximum Gasteiger partial charge on any atom is 0.782 e. The molecule has 6 nitrogen and oxygen atoms in total. The van der Waals surface area contributed by atoms with Crippen molar-refractivity contribution in [3.63, 3.8) is 0 Å². The predicted molar refractivity (Wildman–Crippen MR) is 63.1 cm³/mol. The van der Waals surface area contributed by atoms with E-state index in [4.69, 9.17) is 0 Å². The van der Waals surface area contributed by atoms with Crippen molar-refractivity contribution in [1.29, 1.82) is 0 Å². The molecular formula is C12H6N2O4+2. The van der Waals surface area contributed by atoms with Gasteiger partial charge in [0.1, 0.15) is 0 Å². The first kappa shape index (κ1) is 10.4. The lowest BCUT2D eigenvalue weighted by molar-refractivity contribution is -0.660. The molecule has 0 saturated heterocycles. The zero-order valence-electron chi connectivity index (χ0n) is 8.99. The normalized spacial score (nSPS) is 11.1. The van der Waals surface area contributed by atoms with E-state index in [1.165, 1.54) is 6.07 Å². The van der Waals surface area contributed by atoms with Crippen molar-refractivity contribution < 1.29 is 8.85 Å². The van der Waals surface area contributed by atoms with E-state index in [1.54, 1.807) is 30.3 Å². The van der Waals surface area contributed by atoms with Crippen molar-refractivity contribution in [2.75, 3.05) is 0 Å². The highest BCUT2D eigenvalue weighted by atomic mass is 16.3. The fourth-order valence-corrected chi connectivity index (χ4v) is 2.03. The molecule has 0 aliphatic carbocycles. The lowest BCUT2D eigenvalue weighted by atomic mass is 10.1. The van der Waals surface area contributed by atoms with Gasteiger partial charge in [0, 0.05) is 21.3 Å². The van der Waals surface area contributed by atoms with Crippen molar-refractivity contribution in [2.24, 2.45) is 0 Å². The van der Waals surface area contributed by atoms with E-state index in [1.807, 2.05) is 0 Å². The summed E-state index contributed by atoms with van der Waals surface area (Å²) in [5.41, 5.74) is -2.50. The van der Waals surface area contributed by atoms with Crippen LogP contribution in [0.2, 0.25) is 0 Å². The van der Waals surface area contributed by atoms with Gasteiger partial charge in [0.15, 0.2) is 9.81 Å². The van der Waals surface area contributed by atoms with Crippen LogP contribution >= 0.6 is 0 Å². The van der Waals surface area contributed by atoms with Gasteiger partial charge in [-0.3, -0.25) is 0 Å². The summed E-state index contributed by atoms with van der Waals surface area (Å²) in [6.07, 6.45) is 0. The van der Waals surface area contributed by atoms with E-state index in [-0.39, 0.29) is 15.3 Å². The topological polar surface area (TPSA) is 80.1 Å². The molecule has 0 radical (unpaired) electrons. The van der Waals surface area contributed by atoms with Crippen LogP contribution in [-0.2, 0) is 0 Å². The lowest BCUT2D eigenvalue weighted by Crippen LogP contribution is -2.60. The first-order chi connectivity index (χ1) is 8.61. The number of benzene rings is 2. The molecule has 0 aliphatic heterocycles. The van der Waals surface area contributed by atoms with Gasteiger partial charge in [-0.1, -0.05) is 24.3 Å². The highest BCUT2D eigenvalue weighted by Crippen LogP contribution is 2.18. The molecule has 1 aromatic heterocycles. The van der Waals surface area contributed by atoms with Crippen molar-refractivity contribution in [3.05, 3.63) is 67.1 Å². The Morgan fingerprint density at radius 2 is 1.56 bits per heavy atom. The number of aromatic nitrogens is 2. The second kappa shape index (κ2) is 3.36. The molecule has 0 N–H and O–H groups in total. The molecule has 3 aromatic rings. The molecular weight excluding hydrogens is 236 g/mol. The van der Waals surface area contributed by atoms with Gasteiger partial charge < -0.3 is 0 Å². The summed E-state index contributed by atoms with van der Waals surface area (Å²) in [6.45, 7) is 0. The van der Waals surface area contributed by atoms with Gasteiger partial charge >= 0.3 is 11.2 Å². The van der Waals surface area contributed by atoms with E-state index >= 15 is 0 Å². The zero-order chi connectivity index (χ0) is 12.9. The molecule has 0 amide bonds. The van der Waals surface area contributed by atoms with Crippen LogP contribution in [0.3, 0.4) is 0 Å². The Balaban J connectivity index is 2.86. The van der Waals surface area contributed by atoms with Crippen LogP contribution in [0.5, 0.6) is 0 Å². The van der Waals surface area contributed by atoms with Gasteiger partial charge in [-0.05, 0) is 11.5 Å². The molecule has 0 aliphatic rings. The SMILES string of the molecule is O=c1c2c3ccccc3ccc2[n+](=O)c(=O)[n+]1=O. The maximum atomic E-state index is 11.8. The van der Waals surface area contributed by atoms with Crippen LogP contribution < -0.4 is 20.1 Å². The first-order valence-electron chi connectivity index (χ1n) is 5.16. The van der Waals surface area contributed by atoms with Gasteiger partial charge in [-0.15, -0.1) is 4.79 Å². The lowest BCUT2D eigenvalue weighted by Gasteiger charge is -1.94. The molecule has 1 heterocycles. The summed E-state index contributed by atoms with van der Waals surface area (Å²) in [5, 5.41) is 1.17. The smallest absolute Gasteiger partial charge is 0.208 e. The van der Waals surface area contributed by atoms with Gasteiger partial charge in [0.2, 0.25) is 4.43 Å². The molecule has 18 heavy (non-hydrogen) atoms. The number of hydrogen-bond acceptors (Lipinski definition) is 4. The minimum atomic E-state index is -1.41. The second-order valence-electron chi connectivity index (χ2n) is 3.86. The molecule has 0 saturated carbocycles. The van der Waals surface area contributed by atoms with Crippen molar-refractivity contribution in [2.45, 2.75) is 0 Å². The van der Waals surface area contributed by atoms with Crippen LogP contribution in [-0.4, -0.2) is 0 Å². The third-order valence-electron chi connectivity index (χ3n) is 2.87. The van der Waals surface area contributed by atoms with Crippen LogP contribution in [0.25, 0.3) is 21.7 Å². The minimum absolute atomic E-state index is 0.0299. The van der Waals surface area contributed by atoms with E-state index < -0.39 is 15.7 Å². The molecule has 0 atom stereocenters. The monoisotopic (exact) mass is 242 g/mol. The molecule has 0 spiro atoms. The number of hydrogen-bond donors (Lipinski definition) is 0. The van der Waals surface area contributed by atoms with Gasteiger partial charge in [0.25, 0.3) is 5.52 Å². The summed E-state index contributed by atoms with van der Waals surface area (Å²) in [7, 11) is 0. The number of fused-ring (bicyclic) bond motifs is 3. The summed E-state index contributed by atoms with van der Waals surface area (Å²) >= 11 is 0. The summed E-state index contributed by atoms with van der Waals surface area (Å²) in [5.74, 6) is 0. The third kappa shape index (κ3) is 1.17. The van der Waals surface area contributed by atoms with E-state index in [0.29, 0.717) is 5.39 Å². The first-order valence-corrected chi connectivity index (χ1v) is 5.16. The highest BCUT2D eigenvalue weighted by molar-refractivity contribution is 6.04. The highest BCUT2D eigenvalue weighted by Gasteiger charge is 2.30. The van der Waals surface area contributed by atoms with Crippen molar-refractivity contribution in [1.82, 2.24) is 0 Å². The summed E-state index contributed by atoms with van der Waals surface area (Å²) in [6, 6.07) is 9.84. The predicted octanol–water partition coefficient (Wildman–Crippen LogP) is -0.582. The molecule has 2 aromatic carbocycles. The average Bonchev–Trinajstić information content (AvgIpc) is 2.41. The Bertz CT molecular complexity index is 1000. The summed E-state index contributed by atoms with van der Waals surface area (Å²) in [4.78, 5) is 46.0. The number of rotatable bonds is 0. The summed E-state index contributed by atoms with van der Waals surface area (Å²) < 4.78 is -0.474.